The fraction of sp³-hybridized carbons (Fsp3) is 0.281. The first-order chi connectivity index (χ1) is 19.1. The van der Waals surface area contributed by atoms with E-state index >= 15 is 0 Å². The number of rotatable bonds is 9. The molecule has 3 aromatic carbocycles. The van der Waals surface area contributed by atoms with E-state index < -0.39 is 0 Å². The monoisotopic (exact) mass is 537 g/mol. The van der Waals surface area contributed by atoms with Gasteiger partial charge < -0.3 is 14.7 Å². The van der Waals surface area contributed by atoms with Crippen molar-refractivity contribution < 1.29 is 4.79 Å². The highest BCUT2D eigenvalue weighted by molar-refractivity contribution is 7.98. The maximum atomic E-state index is 12.9. The summed E-state index contributed by atoms with van der Waals surface area (Å²) in [6.07, 6.45) is 0. The maximum Gasteiger partial charge on any atom is 0.253 e. The van der Waals surface area contributed by atoms with Gasteiger partial charge in [0.05, 0.1) is 5.69 Å². The van der Waals surface area contributed by atoms with Crippen molar-refractivity contribution in [2.75, 3.05) is 44.7 Å². The van der Waals surface area contributed by atoms with E-state index in [4.69, 9.17) is 9.97 Å². The number of carbonyl (C=O) groups is 1. The lowest BCUT2D eigenvalue weighted by molar-refractivity contribution is 0.0785. The predicted molar refractivity (Wildman–Crippen MR) is 160 cm³/mol. The Morgan fingerprint density at radius 1 is 0.846 bits per heavy atom. The largest absolute Gasteiger partial charge is 0.354 e. The standard InChI is InChI=1S/C32H35N5OS/c1-3-36-18-20-37(21-19-36)30-22-29(27-12-8-5-9-13-27)33-32(34-30)39-24-26-14-16-28(17-15-26)31(38)35(2)23-25-10-6-4-7-11-25/h4-17,22H,3,18-21,23-24H2,1-2H3. The number of thioether (sulfide) groups is 1. The molecule has 39 heavy (non-hydrogen) atoms. The third-order valence-electron chi connectivity index (χ3n) is 7.08. The average Bonchev–Trinajstić information content (AvgIpc) is 3.00. The zero-order valence-electron chi connectivity index (χ0n) is 22.7. The van der Waals surface area contributed by atoms with Gasteiger partial charge in [0.1, 0.15) is 5.82 Å². The first-order valence-electron chi connectivity index (χ1n) is 13.5. The van der Waals surface area contributed by atoms with Crippen molar-refractivity contribution in [1.82, 2.24) is 19.8 Å². The highest BCUT2D eigenvalue weighted by Crippen LogP contribution is 2.28. The molecule has 1 fully saturated rings. The van der Waals surface area contributed by atoms with E-state index in [1.807, 2.05) is 79.8 Å². The van der Waals surface area contributed by atoms with Crippen LogP contribution in [0.2, 0.25) is 0 Å². The number of anilines is 1. The molecular weight excluding hydrogens is 502 g/mol. The van der Waals surface area contributed by atoms with Gasteiger partial charge in [-0.05, 0) is 29.8 Å². The summed E-state index contributed by atoms with van der Waals surface area (Å²) in [5, 5.41) is 0.770. The molecular formula is C32H35N5OS. The van der Waals surface area contributed by atoms with E-state index in [0.717, 1.165) is 71.8 Å². The van der Waals surface area contributed by atoms with Crippen LogP contribution in [0.3, 0.4) is 0 Å². The third-order valence-corrected chi connectivity index (χ3v) is 8.00. The van der Waals surface area contributed by atoms with Crippen molar-refractivity contribution >= 4 is 23.5 Å². The lowest BCUT2D eigenvalue weighted by atomic mass is 10.1. The van der Waals surface area contributed by atoms with Crippen LogP contribution in [0, 0.1) is 0 Å². The third kappa shape index (κ3) is 7.05. The van der Waals surface area contributed by atoms with Crippen molar-refractivity contribution in [3.63, 3.8) is 0 Å². The number of benzene rings is 3. The van der Waals surface area contributed by atoms with Crippen LogP contribution in [0.4, 0.5) is 5.82 Å². The highest BCUT2D eigenvalue weighted by atomic mass is 32.2. The van der Waals surface area contributed by atoms with E-state index in [9.17, 15) is 4.79 Å². The first kappa shape index (κ1) is 26.9. The van der Waals surface area contributed by atoms with E-state index in [1.165, 1.54) is 0 Å². The summed E-state index contributed by atoms with van der Waals surface area (Å²) in [4.78, 5) is 29.4. The van der Waals surface area contributed by atoms with Crippen LogP contribution in [0.5, 0.6) is 0 Å². The molecule has 0 unspecified atom stereocenters. The number of hydrogen-bond donors (Lipinski definition) is 0. The number of hydrogen-bond acceptors (Lipinski definition) is 6. The molecule has 0 N–H and O–H groups in total. The average molecular weight is 538 g/mol. The molecule has 0 aliphatic carbocycles. The quantitative estimate of drug-likeness (QED) is 0.197. The summed E-state index contributed by atoms with van der Waals surface area (Å²) in [6, 6.07) is 30.4. The summed E-state index contributed by atoms with van der Waals surface area (Å²) in [5.41, 5.74) is 4.99. The van der Waals surface area contributed by atoms with Crippen LogP contribution in [0.25, 0.3) is 11.3 Å². The molecule has 0 radical (unpaired) electrons. The normalized spacial score (nSPS) is 13.8. The molecule has 0 spiro atoms. The molecule has 7 heteroatoms. The maximum absolute atomic E-state index is 12.9. The Bertz CT molecular complexity index is 1360. The van der Waals surface area contributed by atoms with Gasteiger partial charge in [-0.25, -0.2) is 9.97 Å². The van der Waals surface area contributed by atoms with Crippen molar-refractivity contribution in [2.45, 2.75) is 24.4 Å². The number of likely N-dealkylation sites (N-methyl/N-ethyl adjacent to an activating group) is 1. The molecule has 1 saturated heterocycles. The Balaban J connectivity index is 1.27. The summed E-state index contributed by atoms with van der Waals surface area (Å²) >= 11 is 1.63. The molecule has 0 atom stereocenters. The number of nitrogens with zero attached hydrogens (tertiary/aromatic N) is 5. The molecule has 5 rings (SSSR count). The molecule has 1 aliphatic rings. The summed E-state index contributed by atoms with van der Waals surface area (Å²) in [7, 11) is 1.84. The molecule has 6 nitrogen and oxygen atoms in total. The number of aromatic nitrogens is 2. The lowest BCUT2D eigenvalue weighted by Crippen LogP contribution is -2.46. The zero-order chi connectivity index (χ0) is 27.0. The Labute approximate surface area is 235 Å². The van der Waals surface area contributed by atoms with Crippen LogP contribution in [0.1, 0.15) is 28.4 Å². The minimum absolute atomic E-state index is 0.0183. The van der Waals surface area contributed by atoms with Crippen molar-refractivity contribution in [3.05, 3.63) is 108 Å². The van der Waals surface area contributed by atoms with E-state index in [-0.39, 0.29) is 5.91 Å². The van der Waals surface area contributed by atoms with Crippen LogP contribution in [-0.2, 0) is 12.3 Å². The topological polar surface area (TPSA) is 52.6 Å². The number of piperazine rings is 1. The molecule has 4 aromatic rings. The van der Waals surface area contributed by atoms with Gasteiger partial charge in [-0.1, -0.05) is 91.5 Å². The van der Waals surface area contributed by atoms with Gasteiger partial charge in [-0.3, -0.25) is 4.79 Å². The second kappa shape index (κ2) is 12.9. The van der Waals surface area contributed by atoms with Gasteiger partial charge in [0.2, 0.25) is 0 Å². The summed E-state index contributed by atoms with van der Waals surface area (Å²) in [5.74, 6) is 1.74. The van der Waals surface area contributed by atoms with Gasteiger partial charge in [0, 0.05) is 62.7 Å². The van der Waals surface area contributed by atoms with E-state index in [0.29, 0.717) is 12.1 Å². The minimum Gasteiger partial charge on any atom is -0.354 e. The fourth-order valence-electron chi connectivity index (χ4n) is 4.73. The van der Waals surface area contributed by atoms with Crippen LogP contribution >= 0.6 is 11.8 Å². The van der Waals surface area contributed by atoms with Gasteiger partial charge in [0.15, 0.2) is 5.16 Å². The van der Waals surface area contributed by atoms with Crippen molar-refractivity contribution in [2.24, 2.45) is 0 Å². The smallest absolute Gasteiger partial charge is 0.253 e. The summed E-state index contributed by atoms with van der Waals surface area (Å²) < 4.78 is 0. The Kier molecular flexibility index (Phi) is 8.91. The molecule has 1 aromatic heterocycles. The van der Waals surface area contributed by atoms with Crippen LogP contribution in [0.15, 0.2) is 96.2 Å². The zero-order valence-corrected chi connectivity index (χ0v) is 23.5. The summed E-state index contributed by atoms with van der Waals surface area (Å²) in [6.45, 7) is 7.93. The van der Waals surface area contributed by atoms with Gasteiger partial charge >= 0.3 is 0 Å². The fourth-order valence-corrected chi connectivity index (χ4v) is 5.54. The van der Waals surface area contributed by atoms with Crippen LogP contribution < -0.4 is 4.90 Å². The van der Waals surface area contributed by atoms with E-state index in [1.54, 1.807) is 16.7 Å². The lowest BCUT2D eigenvalue weighted by Gasteiger charge is -2.35. The van der Waals surface area contributed by atoms with Gasteiger partial charge in [-0.2, -0.15) is 0 Å². The first-order valence-corrected chi connectivity index (χ1v) is 14.5. The molecule has 2 heterocycles. The molecule has 1 aliphatic heterocycles. The Hall–Kier alpha value is -3.68. The number of carbonyl (C=O) groups excluding carboxylic acids is 1. The predicted octanol–water partition coefficient (Wildman–Crippen LogP) is 5.85. The number of amides is 1. The minimum atomic E-state index is 0.0183. The Morgan fingerprint density at radius 2 is 1.51 bits per heavy atom. The van der Waals surface area contributed by atoms with Gasteiger partial charge in [-0.15, -0.1) is 0 Å². The van der Waals surface area contributed by atoms with Crippen molar-refractivity contribution in [3.8, 4) is 11.3 Å². The molecule has 1 amide bonds. The molecule has 0 bridgehead atoms. The van der Waals surface area contributed by atoms with Crippen molar-refractivity contribution in [1.29, 1.82) is 0 Å². The SMILES string of the molecule is CCN1CCN(c2cc(-c3ccccc3)nc(SCc3ccc(C(=O)N(C)Cc4ccccc4)cc3)n2)CC1. The van der Waals surface area contributed by atoms with Gasteiger partial charge in [0.25, 0.3) is 5.91 Å². The second-order valence-corrected chi connectivity index (χ2v) is 10.8. The second-order valence-electron chi connectivity index (χ2n) is 9.81. The molecule has 200 valence electrons. The van der Waals surface area contributed by atoms with Crippen LogP contribution in [-0.4, -0.2) is 65.4 Å². The highest BCUT2D eigenvalue weighted by Gasteiger charge is 2.19. The molecule has 0 saturated carbocycles. The van der Waals surface area contributed by atoms with E-state index in [2.05, 4.69) is 34.9 Å². The Morgan fingerprint density at radius 3 is 2.18 bits per heavy atom.